The van der Waals surface area contributed by atoms with E-state index < -0.39 is 0 Å². The molecular formula is C8H6N6O. The third-order valence-electron chi connectivity index (χ3n) is 1.82. The molecule has 0 radical (unpaired) electrons. The summed E-state index contributed by atoms with van der Waals surface area (Å²) in [5.74, 6) is 0. The first-order valence-corrected chi connectivity index (χ1v) is 3.93. The molecule has 0 saturated heterocycles. The molecular weight excluding hydrogens is 196 g/mol. The summed E-state index contributed by atoms with van der Waals surface area (Å²) >= 11 is 0. The predicted octanol–water partition coefficient (Wildman–Crippen LogP) is 3.69. The van der Waals surface area contributed by atoms with E-state index in [9.17, 15) is 4.79 Å². The molecule has 0 amide bonds. The summed E-state index contributed by atoms with van der Waals surface area (Å²) in [5.41, 5.74) is 18.0. The van der Waals surface area contributed by atoms with Crippen molar-refractivity contribution in [2.45, 2.75) is 6.92 Å². The smallest absolute Gasteiger partial charge is 0.150 e. The van der Waals surface area contributed by atoms with Crippen molar-refractivity contribution in [2.75, 3.05) is 0 Å². The third kappa shape index (κ3) is 2.25. The highest BCUT2D eigenvalue weighted by atomic mass is 16.1. The number of nitrogens with zero attached hydrogens (tertiary/aromatic N) is 6. The summed E-state index contributed by atoms with van der Waals surface area (Å²) in [6, 6.07) is 2.86. The zero-order valence-corrected chi connectivity index (χ0v) is 7.82. The summed E-state index contributed by atoms with van der Waals surface area (Å²) < 4.78 is 0. The molecule has 15 heavy (non-hydrogen) atoms. The Kier molecular flexibility index (Phi) is 3.29. The maximum absolute atomic E-state index is 10.6. The standard InChI is InChI=1S/C8H6N6O/c1-5-7(11-13-9)2-6(4-15)3-8(5)12-14-10/h2-4H,1H3. The largest absolute Gasteiger partial charge is 0.298 e. The van der Waals surface area contributed by atoms with Gasteiger partial charge in [-0.15, -0.1) is 0 Å². The Morgan fingerprint density at radius 1 is 1.20 bits per heavy atom. The molecule has 74 valence electrons. The maximum atomic E-state index is 10.6. The van der Waals surface area contributed by atoms with Crippen LogP contribution in [-0.2, 0) is 0 Å². The van der Waals surface area contributed by atoms with Crippen LogP contribution in [0.3, 0.4) is 0 Å². The van der Waals surface area contributed by atoms with E-state index in [1.54, 1.807) is 6.92 Å². The molecule has 0 heterocycles. The van der Waals surface area contributed by atoms with Gasteiger partial charge in [0.2, 0.25) is 0 Å². The molecule has 0 aliphatic heterocycles. The fourth-order valence-electron chi connectivity index (χ4n) is 1.08. The first-order chi connectivity index (χ1) is 7.22. The van der Waals surface area contributed by atoms with Crippen LogP contribution in [0, 0.1) is 6.92 Å². The molecule has 0 aromatic heterocycles. The van der Waals surface area contributed by atoms with Crippen LogP contribution in [0.25, 0.3) is 20.9 Å². The Morgan fingerprint density at radius 3 is 2.00 bits per heavy atom. The lowest BCUT2D eigenvalue weighted by atomic mass is 10.1. The zero-order chi connectivity index (χ0) is 11.3. The Morgan fingerprint density at radius 2 is 1.67 bits per heavy atom. The van der Waals surface area contributed by atoms with E-state index in [0.29, 0.717) is 17.4 Å². The van der Waals surface area contributed by atoms with Gasteiger partial charge in [-0.05, 0) is 35.7 Å². The van der Waals surface area contributed by atoms with Crippen LogP contribution in [-0.4, -0.2) is 6.29 Å². The van der Waals surface area contributed by atoms with E-state index in [1.165, 1.54) is 12.1 Å². The predicted molar refractivity (Wildman–Crippen MR) is 54.2 cm³/mol. The molecule has 0 fully saturated rings. The van der Waals surface area contributed by atoms with Gasteiger partial charge >= 0.3 is 0 Å². The van der Waals surface area contributed by atoms with E-state index >= 15 is 0 Å². The first-order valence-electron chi connectivity index (χ1n) is 3.93. The van der Waals surface area contributed by atoms with Crippen LogP contribution in [0.2, 0.25) is 0 Å². The summed E-state index contributed by atoms with van der Waals surface area (Å²) in [6.07, 6.45) is 0.590. The highest BCUT2D eigenvalue weighted by Gasteiger charge is 2.04. The topological polar surface area (TPSA) is 115 Å². The molecule has 0 N–H and O–H groups in total. The molecule has 0 spiro atoms. The van der Waals surface area contributed by atoms with Crippen LogP contribution in [0.1, 0.15) is 15.9 Å². The number of carbonyl (C=O) groups is 1. The summed E-state index contributed by atoms with van der Waals surface area (Å²) in [7, 11) is 0. The second-order valence-electron chi connectivity index (χ2n) is 2.68. The normalized spacial score (nSPS) is 8.60. The number of carbonyl (C=O) groups excluding carboxylic acids is 1. The van der Waals surface area contributed by atoms with E-state index in [1.807, 2.05) is 0 Å². The maximum Gasteiger partial charge on any atom is 0.150 e. The number of aldehydes is 1. The fraction of sp³-hybridized carbons (Fsp3) is 0.125. The van der Waals surface area contributed by atoms with Gasteiger partial charge in [-0.25, -0.2) is 0 Å². The van der Waals surface area contributed by atoms with Gasteiger partial charge < -0.3 is 0 Å². The van der Waals surface area contributed by atoms with E-state index in [0.717, 1.165) is 0 Å². The zero-order valence-electron chi connectivity index (χ0n) is 7.82. The van der Waals surface area contributed by atoms with E-state index in [-0.39, 0.29) is 11.4 Å². The van der Waals surface area contributed by atoms with Crippen LogP contribution in [0.4, 0.5) is 11.4 Å². The first kappa shape index (κ1) is 10.6. The van der Waals surface area contributed by atoms with Crippen LogP contribution in [0.15, 0.2) is 22.4 Å². The molecule has 7 heteroatoms. The van der Waals surface area contributed by atoms with Gasteiger partial charge in [0.1, 0.15) is 6.29 Å². The van der Waals surface area contributed by atoms with Crippen molar-refractivity contribution in [3.8, 4) is 0 Å². The van der Waals surface area contributed by atoms with E-state index in [2.05, 4.69) is 20.1 Å². The van der Waals surface area contributed by atoms with E-state index in [4.69, 9.17) is 11.1 Å². The van der Waals surface area contributed by atoms with Gasteiger partial charge in [0, 0.05) is 26.8 Å². The Balaban J connectivity index is 3.52. The van der Waals surface area contributed by atoms with Crippen LogP contribution >= 0.6 is 0 Å². The molecule has 0 saturated carbocycles. The minimum Gasteiger partial charge on any atom is -0.298 e. The number of rotatable bonds is 3. The molecule has 0 bridgehead atoms. The number of benzene rings is 1. The van der Waals surface area contributed by atoms with Crippen LogP contribution in [0.5, 0.6) is 0 Å². The second kappa shape index (κ2) is 4.66. The molecule has 0 aliphatic carbocycles. The summed E-state index contributed by atoms with van der Waals surface area (Å²) in [4.78, 5) is 15.8. The molecule has 1 rings (SSSR count). The third-order valence-corrected chi connectivity index (χ3v) is 1.82. The number of hydrogen-bond acceptors (Lipinski definition) is 3. The van der Waals surface area contributed by atoms with Crippen molar-refractivity contribution >= 4 is 17.7 Å². The lowest BCUT2D eigenvalue weighted by Gasteiger charge is -2.03. The van der Waals surface area contributed by atoms with Crippen molar-refractivity contribution in [1.82, 2.24) is 0 Å². The second-order valence-corrected chi connectivity index (χ2v) is 2.68. The van der Waals surface area contributed by atoms with Gasteiger partial charge in [0.05, 0.1) is 0 Å². The van der Waals surface area contributed by atoms with Crippen molar-refractivity contribution in [1.29, 1.82) is 0 Å². The average Bonchev–Trinajstić information content (AvgIpc) is 2.24. The lowest BCUT2D eigenvalue weighted by molar-refractivity contribution is 0.112. The van der Waals surface area contributed by atoms with Gasteiger partial charge in [-0.3, -0.25) is 4.79 Å². The highest BCUT2D eigenvalue weighted by Crippen LogP contribution is 2.30. The quantitative estimate of drug-likeness (QED) is 0.316. The van der Waals surface area contributed by atoms with Crippen LogP contribution < -0.4 is 0 Å². The Bertz CT molecular complexity index is 457. The van der Waals surface area contributed by atoms with Gasteiger partial charge in [-0.2, -0.15) is 0 Å². The lowest BCUT2D eigenvalue weighted by Crippen LogP contribution is -1.82. The fourth-order valence-corrected chi connectivity index (χ4v) is 1.08. The summed E-state index contributed by atoms with van der Waals surface area (Å²) in [5, 5.41) is 6.79. The SMILES string of the molecule is Cc1c(N=[N+]=[N-])cc(C=O)cc1N=[N+]=[N-]. The van der Waals surface area contributed by atoms with Gasteiger partial charge in [0.15, 0.2) is 0 Å². The monoisotopic (exact) mass is 202 g/mol. The minimum atomic E-state index is 0.282. The molecule has 7 nitrogen and oxygen atoms in total. The highest BCUT2D eigenvalue weighted by molar-refractivity contribution is 5.80. The molecule has 1 aromatic carbocycles. The van der Waals surface area contributed by atoms with Gasteiger partial charge in [0.25, 0.3) is 0 Å². The number of azide groups is 2. The molecule has 0 aliphatic rings. The van der Waals surface area contributed by atoms with Gasteiger partial charge in [-0.1, -0.05) is 10.2 Å². The average molecular weight is 202 g/mol. The van der Waals surface area contributed by atoms with Crippen molar-refractivity contribution in [3.05, 3.63) is 44.1 Å². The Labute approximate surface area is 84.6 Å². The number of hydrogen-bond donors (Lipinski definition) is 0. The van der Waals surface area contributed by atoms with Crippen molar-refractivity contribution < 1.29 is 4.79 Å². The Hall–Kier alpha value is -2.49. The molecule has 0 atom stereocenters. The van der Waals surface area contributed by atoms with Crippen molar-refractivity contribution in [3.63, 3.8) is 0 Å². The molecule has 1 aromatic rings. The summed E-state index contributed by atoms with van der Waals surface area (Å²) in [6.45, 7) is 1.64. The van der Waals surface area contributed by atoms with Crippen molar-refractivity contribution in [2.24, 2.45) is 10.2 Å². The minimum absolute atomic E-state index is 0.282. The molecule has 0 unspecified atom stereocenters.